The van der Waals surface area contributed by atoms with Crippen LogP contribution in [0.3, 0.4) is 0 Å². The van der Waals surface area contributed by atoms with Gasteiger partial charge in [0.2, 0.25) is 0 Å². The van der Waals surface area contributed by atoms with Gasteiger partial charge in [-0.25, -0.2) is 0 Å². The lowest BCUT2D eigenvalue weighted by atomic mass is 10.3. The average molecular weight is 289 g/mol. The van der Waals surface area contributed by atoms with Crippen molar-refractivity contribution in [3.63, 3.8) is 0 Å². The lowest BCUT2D eigenvalue weighted by Crippen LogP contribution is -2.30. The first-order valence-electron chi connectivity index (χ1n) is 6.69. The Bertz CT molecular complexity index is 452. The van der Waals surface area contributed by atoms with Crippen molar-refractivity contribution in [2.24, 2.45) is 0 Å². The SMILES string of the molecule is O=C(NCCCNC1CC1)c1cccn1CC(F)(F)F. The molecule has 1 aliphatic rings. The van der Waals surface area contributed by atoms with Gasteiger partial charge in [0.15, 0.2) is 0 Å². The molecule has 0 bridgehead atoms. The van der Waals surface area contributed by atoms with Gasteiger partial charge >= 0.3 is 6.18 Å². The minimum atomic E-state index is -4.33. The molecule has 0 spiro atoms. The second kappa shape index (κ2) is 6.30. The third kappa shape index (κ3) is 4.88. The molecule has 20 heavy (non-hydrogen) atoms. The topological polar surface area (TPSA) is 46.1 Å². The Labute approximate surface area is 115 Å². The smallest absolute Gasteiger partial charge is 0.351 e. The molecule has 1 aromatic rings. The first-order valence-corrected chi connectivity index (χ1v) is 6.69. The fourth-order valence-electron chi connectivity index (χ4n) is 1.93. The highest BCUT2D eigenvalue weighted by Crippen LogP contribution is 2.19. The summed E-state index contributed by atoms with van der Waals surface area (Å²) in [6, 6.07) is 3.45. The van der Waals surface area contributed by atoms with Crippen molar-refractivity contribution in [3.8, 4) is 0 Å². The summed E-state index contributed by atoms with van der Waals surface area (Å²) in [6.07, 6.45) is 0.107. The predicted molar refractivity (Wildman–Crippen MR) is 68.5 cm³/mol. The van der Waals surface area contributed by atoms with E-state index in [1.54, 1.807) is 0 Å². The molecule has 1 heterocycles. The number of carbonyl (C=O) groups is 1. The monoisotopic (exact) mass is 289 g/mol. The zero-order valence-corrected chi connectivity index (χ0v) is 11.0. The van der Waals surface area contributed by atoms with Gasteiger partial charge in [-0.1, -0.05) is 0 Å². The van der Waals surface area contributed by atoms with E-state index in [0.717, 1.165) is 17.5 Å². The number of nitrogens with zero attached hydrogens (tertiary/aromatic N) is 1. The van der Waals surface area contributed by atoms with E-state index in [4.69, 9.17) is 0 Å². The number of carbonyl (C=O) groups excluding carboxylic acids is 1. The number of alkyl halides is 3. The van der Waals surface area contributed by atoms with Crippen molar-refractivity contribution in [3.05, 3.63) is 24.0 Å². The Hall–Kier alpha value is -1.50. The van der Waals surface area contributed by atoms with Gasteiger partial charge < -0.3 is 15.2 Å². The molecule has 1 amide bonds. The fourth-order valence-corrected chi connectivity index (χ4v) is 1.93. The number of halogens is 3. The molecule has 112 valence electrons. The van der Waals surface area contributed by atoms with Crippen LogP contribution in [0.25, 0.3) is 0 Å². The average Bonchev–Trinajstić information content (AvgIpc) is 3.06. The maximum Gasteiger partial charge on any atom is 0.406 e. The van der Waals surface area contributed by atoms with E-state index in [1.165, 1.54) is 31.2 Å². The van der Waals surface area contributed by atoms with Gasteiger partial charge in [-0.3, -0.25) is 4.79 Å². The van der Waals surface area contributed by atoms with Crippen LogP contribution in [0.15, 0.2) is 18.3 Å². The van der Waals surface area contributed by atoms with Gasteiger partial charge in [-0.15, -0.1) is 0 Å². The second-order valence-electron chi connectivity index (χ2n) is 4.97. The maximum absolute atomic E-state index is 12.3. The van der Waals surface area contributed by atoms with Crippen molar-refractivity contribution >= 4 is 5.91 Å². The largest absolute Gasteiger partial charge is 0.406 e. The van der Waals surface area contributed by atoms with Crippen molar-refractivity contribution in [2.45, 2.75) is 38.0 Å². The number of hydrogen-bond donors (Lipinski definition) is 2. The number of amides is 1. The first kappa shape index (κ1) is 14.9. The summed E-state index contributed by atoms with van der Waals surface area (Å²) in [4.78, 5) is 11.8. The molecule has 7 heteroatoms. The summed E-state index contributed by atoms with van der Waals surface area (Å²) in [6.45, 7) is 0.121. The quantitative estimate of drug-likeness (QED) is 0.753. The Morgan fingerprint density at radius 1 is 1.35 bits per heavy atom. The molecular formula is C13H18F3N3O. The summed E-state index contributed by atoms with van der Waals surface area (Å²) in [5.74, 6) is -0.467. The summed E-state index contributed by atoms with van der Waals surface area (Å²) >= 11 is 0. The van der Waals surface area contributed by atoms with Crippen molar-refractivity contribution in [2.75, 3.05) is 13.1 Å². The standard InChI is InChI=1S/C13H18F3N3O/c14-13(15,16)9-19-8-1-3-11(19)12(20)18-7-2-6-17-10-4-5-10/h1,3,8,10,17H,2,4-7,9H2,(H,18,20). The first-order chi connectivity index (χ1) is 9.46. The lowest BCUT2D eigenvalue weighted by Gasteiger charge is -2.12. The molecular weight excluding hydrogens is 271 g/mol. The van der Waals surface area contributed by atoms with Gasteiger partial charge in [0.1, 0.15) is 12.2 Å². The van der Waals surface area contributed by atoms with Crippen molar-refractivity contribution < 1.29 is 18.0 Å². The van der Waals surface area contributed by atoms with Crippen LogP contribution in [0.5, 0.6) is 0 Å². The van der Waals surface area contributed by atoms with E-state index in [0.29, 0.717) is 12.6 Å². The van der Waals surface area contributed by atoms with Gasteiger partial charge in [-0.05, 0) is 37.9 Å². The summed E-state index contributed by atoms with van der Waals surface area (Å²) in [7, 11) is 0. The summed E-state index contributed by atoms with van der Waals surface area (Å²) < 4.78 is 37.9. The Kier molecular flexibility index (Phi) is 4.69. The lowest BCUT2D eigenvalue weighted by molar-refractivity contribution is -0.140. The summed E-state index contributed by atoms with van der Waals surface area (Å²) in [5, 5.41) is 5.94. The number of nitrogens with one attached hydrogen (secondary N) is 2. The molecule has 2 N–H and O–H groups in total. The molecule has 0 unspecified atom stereocenters. The van der Waals surface area contributed by atoms with Crippen LogP contribution in [0.1, 0.15) is 29.8 Å². The molecule has 0 radical (unpaired) electrons. The van der Waals surface area contributed by atoms with Crippen LogP contribution in [-0.4, -0.2) is 35.8 Å². The zero-order valence-electron chi connectivity index (χ0n) is 11.0. The minimum absolute atomic E-state index is 0.0393. The molecule has 1 fully saturated rings. The molecule has 1 saturated carbocycles. The normalized spacial score (nSPS) is 15.3. The zero-order chi connectivity index (χ0) is 14.6. The van der Waals surface area contributed by atoms with E-state index in [-0.39, 0.29) is 5.69 Å². The van der Waals surface area contributed by atoms with Gasteiger partial charge in [0.05, 0.1) is 0 Å². The number of aromatic nitrogens is 1. The molecule has 4 nitrogen and oxygen atoms in total. The Morgan fingerprint density at radius 3 is 2.75 bits per heavy atom. The third-order valence-corrected chi connectivity index (χ3v) is 3.06. The van der Waals surface area contributed by atoms with Gasteiger partial charge in [0.25, 0.3) is 5.91 Å². The molecule has 0 saturated heterocycles. The van der Waals surface area contributed by atoms with Crippen molar-refractivity contribution in [1.29, 1.82) is 0 Å². The molecule has 0 aliphatic heterocycles. The van der Waals surface area contributed by atoms with E-state index in [2.05, 4.69) is 10.6 Å². The second-order valence-corrected chi connectivity index (χ2v) is 4.97. The highest BCUT2D eigenvalue weighted by molar-refractivity contribution is 5.92. The Balaban J connectivity index is 1.75. The molecule has 1 aliphatic carbocycles. The minimum Gasteiger partial charge on any atom is -0.351 e. The Morgan fingerprint density at radius 2 is 2.10 bits per heavy atom. The van der Waals surface area contributed by atoms with Gasteiger partial charge in [-0.2, -0.15) is 13.2 Å². The number of hydrogen-bond acceptors (Lipinski definition) is 2. The molecule has 0 aromatic carbocycles. The van der Waals surface area contributed by atoms with E-state index in [1.807, 2.05) is 0 Å². The predicted octanol–water partition coefficient (Wildman–Crippen LogP) is 1.92. The van der Waals surface area contributed by atoms with Gasteiger partial charge in [0, 0.05) is 18.8 Å². The van der Waals surface area contributed by atoms with E-state index in [9.17, 15) is 18.0 Å². The van der Waals surface area contributed by atoms with Crippen LogP contribution < -0.4 is 10.6 Å². The van der Waals surface area contributed by atoms with Crippen LogP contribution in [0.2, 0.25) is 0 Å². The highest BCUT2D eigenvalue weighted by Gasteiger charge is 2.29. The van der Waals surface area contributed by atoms with Crippen LogP contribution in [0.4, 0.5) is 13.2 Å². The highest BCUT2D eigenvalue weighted by atomic mass is 19.4. The van der Waals surface area contributed by atoms with E-state index < -0.39 is 18.6 Å². The van der Waals surface area contributed by atoms with Crippen LogP contribution >= 0.6 is 0 Å². The summed E-state index contributed by atoms with van der Waals surface area (Å²) in [5.41, 5.74) is 0.0393. The van der Waals surface area contributed by atoms with Crippen LogP contribution in [0, 0.1) is 0 Å². The third-order valence-electron chi connectivity index (χ3n) is 3.06. The van der Waals surface area contributed by atoms with Crippen molar-refractivity contribution in [1.82, 2.24) is 15.2 Å². The molecule has 1 aromatic heterocycles. The number of rotatable bonds is 7. The molecule has 0 atom stereocenters. The fraction of sp³-hybridized carbons (Fsp3) is 0.615. The molecule has 2 rings (SSSR count). The van der Waals surface area contributed by atoms with Crippen LogP contribution in [-0.2, 0) is 6.54 Å². The maximum atomic E-state index is 12.3. The van der Waals surface area contributed by atoms with E-state index >= 15 is 0 Å².